The van der Waals surface area contributed by atoms with Crippen LogP contribution in [0.5, 0.6) is 0 Å². The number of nitrogens with zero attached hydrogens (tertiary/aromatic N) is 1. The Kier molecular flexibility index (Phi) is 5.40. The van der Waals surface area contributed by atoms with E-state index in [1.807, 2.05) is 6.07 Å². The highest BCUT2D eigenvalue weighted by Gasteiger charge is 2.22. The largest absolute Gasteiger partial charge is 0.396 e. The summed E-state index contributed by atoms with van der Waals surface area (Å²) in [5, 5.41) is 9.73. The fourth-order valence-electron chi connectivity index (χ4n) is 2.79. The highest BCUT2D eigenvalue weighted by Crippen LogP contribution is 2.25. The Hall–Kier alpha value is -1.10. The maximum Gasteiger partial charge on any atom is 0.248 e. The summed E-state index contributed by atoms with van der Waals surface area (Å²) in [4.78, 5) is 13.5. The molecule has 1 fully saturated rings. The number of amides is 1. The van der Waals surface area contributed by atoms with E-state index in [1.165, 1.54) is 12.8 Å². The van der Waals surface area contributed by atoms with Gasteiger partial charge in [0.05, 0.1) is 0 Å². The topological polar surface area (TPSA) is 66.6 Å². The summed E-state index contributed by atoms with van der Waals surface area (Å²) in [6.07, 6.45) is 4.32. The number of hydrogen-bond donors (Lipinski definition) is 2. The van der Waals surface area contributed by atoms with E-state index in [-0.39, 0.29) is 6.61 Å². The molecule has 1 atom stereocenters. The normalized spacial score (nSPS) is 20.0. The van der Waals surface area contributed by atoms with Crippen LogP contribution >= 0.6 is 11.6 Å². The highest BCUT2D eigenvalue weighted by atomic mass is 35.5. The summed E-state index contributed by atoms with van der Waals surface area (Å²) in [5.74, 6) is -0.463. The second-order valence-corrected chi connectivity index (χ2v) is 5.71. The molecule has 2 rings (SSSR count). The van der Waals surface area contributed by atoms with Crippen LogP contribution in [0.3, 0.4) is 0 Å². The molecular weight excluding hydrogens is 276 g/mol. The fourth-order valence-corrected chi connectivity index (χ4v) is 3.03. The second kappa shape index (κ2) is 7.07. The second-order valence-electron chi connectivity index (χ2n) is 5.30. The van der Waals surface area contributed by atoms with Gasteiger partial charge in [-0.3, -0.25) is 9.69 Å². The van der Waals surface area contributed by atoms with Crippen LogP contribution in [0.15, 0.2) is 18.2 Å². The van der Waals surface area contributed by atoms with Gasteiger partial charge >= 0.3 is 0 Å². The summed E-state index contributed by atoms with van der Waals surface area (Å²) in [6.45, 7) is 2.00. The number of rotatable bonds is 5. The first-order valence-electron chi connectivity index (χ1n) is 7.05. The summed E-state index contributed by atoms with van der Waals surface area (Å²) < 4.78 is 0. The standard InChI is InChI=1S/C15H21ClN2O2/c16-14-9-11(15(17)20)4-5-12(14)10-18-7-2-1-3-13(18)6-8-19/h4-5,9,13,19H,1-3,6-8,10H2,(H2,17,20). The van der Waals surface area contributed by atoms with Crippen molar-refractivity contribution in [3.63, 3.8) is 0 Å². The van der Waals surface area contributed by atoms with Gasteiger partial charge in [0.25, 0.3) is 0 Å². The lowest BCUT2D eigenvalue weighted by molar-refractivity contribution is 0.1000. The number of aliphatic hydroxyl groups excluding tert-OH is 1. The van der Waals surface area contributed by atoms with Crippen LogP contribution in [0.4, 0.5) is 0 Å². The van der Waals surface area contributed by atoms with Gasteiger partial charge in [-0.1, -0.05) is 24.1 Å². The molecule has 1 amide bonds. The van der Waals surface area contributed by atoms with Crippen molar-refractivity contribution in [3.05, 3.63) is 34.3 Å². The van der Waals surface area contributed by atoms with E-state index in [4.69, 9.17) is 22.4 Å². The van der Waals surface area contributed by atoms with Crippen molar-refractivity contribution in [3.8, 4) is 0 Å². The predicted molar refractivity (Wildman–Crippen MR) is 79.7 cm³/mol. The molecule has 0 aromatic heterocycles. The van der Waals surface area contributed by atoms with Gasteiger partial charge in [-0.05, 0) is 43.5 Å². The van der Waals surface area contributed by atoms with Crippen LogP contribution in [0, 0.1) is 0 Å². The summed E-state index contributed by atoms with van der Waals surface area (Å²) in [6, 6.07) is 5.63. The number of halogens is 1. The van der Waals surface area contributed by atoms with E-state index in [0.29, 0.717) is 16.6 Å². The lowest BCUT2D eigenvalue weighted by atomic mass is 9.98. The molecule has 1 heterocycles. The average Bonchev–Trinajstić information content (AvgIpc) is 2.43. The average molecular weight is 297 g/mol. The molecule has 1 unspecified atom stereocenters. The number of carbonyl (C=O) groups is 1. The maximum atomic E-state index is 11.1. The first kappa shape index (κ1) is 15.3. The molecule has 0 saturated carbocycles. The molecular formula is C15H21ClN2O2. The van der Waals surface area contributed by atoms with Gasteiger partial charge in [-0.25, -0.2) is 0 Å². The van der Waals surface area contributed by atoms with Gasteiger partial charge < -0.3 is 10.8 Å². The third-order valence-corrected chi connectivity index (χ3v) is 4.27. The molecule has 0 radical (unpaired) electrons. The van der Waals surface area contributed by atoms with E-state index < -0.39 is 5.91 Å². The smallest absolute Gasteiger partial charge is 0.248 e. The first-order chi connectivity index (χ1) is 9.61. The number of hydrogen-bond acceptors (Lipinski definition) is 3. The number of aliphatic hydroxyl groups is 1. The molecule has 5 heteroatoms. The molecule has 0 aliphatic carbocycles. The molecule has 0 spiro atoms. The van der Waals surface area contributed by atoms with Gasteiger partial charge in [0.1, 0.15) is 0 Å². The fraction of sp³-hybridized carbons (Fsp3) is 0.533. The molecule has 1 aliphatic rings. The molecule has 1 aromatic rings. The predicted octanol–water partition coefficient (Wildman–Crippen LogP) is 2.18. The maximum absolute atomic E-state index is 11.1. The Balaban J connectivity index is 2.09. The molecule has 3 N–H and O–H groups in total. The molecule has 110 valence electrons. The van der Waals surface area contributed by atoms with E-state index in [9.17, 15) is 4.79 Å². The van der Waals surface area contributed by atoms with Gasteiger partial charge in [-0.2, -0.15) is 0 Å². The Bertz CT molecular complexity index is 477. The molecule has 1 saturated heterocycles. The number of carbonyl (C=O) groups excluding carboxylic acids is 1. The van der Waals surface area contributed by atoms with Gasteiger partial charge in [0.2, 0.25) is 5.91 Å². The van der Waals surface area contributed by atoms with E-state index in [1.54, 1.807) is 12.1 Å². The van der Waals surface area contributed by atoms with Crippen LogP contribution in [0.2, 0.25) is 5.02 Å². The molecule has 20 heavy (non-hydrogen) atoms. The molecule has 0 bridgehead atoms. The van der Waals surface area contributed by atoms with Gasteiger partial charge in [-0.15, -0.1) is 0 Å². The first-order valence-corrected chi connectivity index (χ1v) is 7.42. The van der Waals surface area contributed by atoms with Crippen LogP contribution in [0.25, 0.3) is 0 Å². The van der Waals surface area contributed by atoms with Crippen LogP contribution in [0.1, 0.15) is 41.6 Å². The Morgan fingerprint density at radius 2 is 2.25 bits per heavy atom. The Morgan fingerprint density at radius 1 is 1.45 bits per heavy atom. The van der Waals surface area contributed by atoms with Crippen molar-refractivity contribution in [2.24, 2.45) is 5.73 Å². The SMILES string of the molecule is NC(=O)c1ccc(CN2CCCCC2CCO)c(Cl)c1. The van der Waals surface area contributed by atoms with Crippen molar-refractivity contribution in [1.29, 1.82) is 0 Å². The number of piperidine rings is 1. The Morgan fingerprint density at radius 3 is 2.90 bits per heavy atom. The van der Waals surface area contributed by atoms with Crippen LogP contribution in [-0.2, 0) is 6.54 Å². The van der Waals surface area contributed by atoms with Crippen molar-refractivity contribution in [2.45, 2.75) is 38.3 Å². The summed E-state index contributed by atoms with van der Waals surface area (Å²) >= 11 is 6.23. The lowest BCUT2D eigenvalue weighted by Gasteiger charge is -2.35. The van der Waals surface area contributed by atoms with Crippen molar-refractivity contribution >= 4 is 17.5 Å². The van der Waals surface area contributed by atoms with Crippen LogP contribution < -0.4 is 5.73 Å². The number of benzene rings is 1. The summed E-state index contributed by atoms with van der Waals surface area (Å²) in [5.41, 5.74) is 6.68. The molecule has 4 nitrogen and oxygen atoms in total. The van der Waals surface area contributed by atoms with Crippen molar-refractivity contribution in [1.82, 2.24) is 4.90 Å². The number of nitrogens with two attached hydrogens (primary N) is 1. The van der Waals surface area contributed by atoms with Crippen molar-refractivity contribution < 1.29 is 9.90 Å². The van der Waals surface area contributed by atoms with E-state index >= 15 is 0 Å². The zero-order chi connectivity index (χ0) is 14.5. The van der Waals surface area contributed by atoms with Gasteiger partial charge in [0.15, 0.2) is 0 Å². The minimum Gasteiger partial charge on any atom is -0.396 e. The van der Waals surface area contributed by atoms with E-state index in [2.05, 4.69) is 4.90 Å². The quantitative estimate of drug-likeness (QED) is 0.875. The van der Waals surface area contributed by atoms with Crippen LogP contribution in [-0.4, -0.2) is 35.1 Å². The number of likely N-dealkylation sites (tertiary alicyclic amines) is 1. The highest BCUT2D eigenvalue weighted by molar-refractivity contribution is 6.31. The molecule has 1 aromatic carbocycles. The number of primary amides is 1. The lowest BCUT2D eigenvalue weighted by Crippen LogP contribution is -2.39. The minimum atomic E-state index is -0.463. The minimum absolute atomic E-state index is 0.218. The van der Waals surface area contributed by atoms with Gasteiger partial charge in [0, 0.05) is 29.8 Å². The van der Waals surface area contributed by atoms with E-state index in [0.717, 1.165) is 31.5 Å². The summed E-state index contributed by atoms with van der Waals surface area (Å²) in [7, 11) is 0. The monoisotopic (exact) mass is 296 g/mol. The van der Waals surface area contributed by atoms with Crippen molar-refractivity contribution in [2.75, 3.05) is 13.2 Å². The third kappa shape index (κ3) is 3.72. The zero-order valence-electron chi connectivity index (χ0n) is 11.5. The Labute approximate surface area is 124 Å². The third-order valence-electron chi connectivity index (χ3n) is 3.92. The molecule has 1 aliphatic heterocycles. The zero-order valence-corrected chi connectivity index (χ0v) is 12.3.